The van der Waals surface area contributed by atoms with Crippen LogP contribution in [0.5, 0.6) is 0 Å². The van der Waals surface area contributed by atoms with Crippen LogP contribution in [-0.2, 0) is 27.2 Å². The third kappa shape index (κ3) is 12.9. The highest BCUT2D eigenvalue weighted by Crippen LogP contribution is 2.13. The van der Waals surface area contributed by atoms with E-state index in [9.17, 15) is 9.59 Å². The highest BCUT2D eigenvalue weighted by atomic mass is 28.4. The lowest BCUT2D eigenvalue weighted by atomic mass is 10.4. The summed E-state index contributed by atoms with van der Waals surface area (Å²) in [6.45, 7) is 6.46. The van der Waals surface area contributed by atoms with Gasteiger partial charge in [-0.15, -0.1) is 0 Å². The van der Waals surface area contributed by atoms with E-state index in [0.717, 1.165) is 24.9 Å². The summed E-state index contributed by atoms with van der Waals surface area (Å²) in [5, 5.41) is 5.32. The Hall–Kier alpha value is -1.19. The van der Waals surface area contributed by atoms with Crippen LogP contribution in [0.15, 0.2) is 0 Å². The van der Waals surface area contributed by atoms with Gasteiger partial charge in [0.15, 0.2) is 0 Å². The lowest BCUT2D eigenvalue weighted by molar-refractivity contribution is 0.0532. The molecule has 0 heterocycles. The molecule has 0 bridgehead atoms. The molecule has 10 nitrogen and oxygen atoms in total. The van der Waals surface area contributed by atoms with Crippen LogP contribution in [0.2, 0.25) is 25.2 Å². The first-order valence-corrected chi connectivity index (χ1v) is 14.7. The number of rotatable bonds is 15. The number of carbonyl (C=O) groups excluding carboxylic acids is 2. The summed E-state index contributed by atoms with van der Waals surface area (Å²) in [4.78, 5) is 23.5. The Labute approximate surface area is 176 Å². The van der Waals surface area contributed by atoms with Crippen molar-refractivity contribution in [2.75, 3.05) is 48.1 Å². The Balaban J connectivity index is 3.87. The van der Waals surface area contributed by atoms with E-state index in [0.29, 0.717) is 13.1 Å². The number of amides is 2. The lowest BCUT2D eigenvalue weighted by Gasteiger charge is -2.22. The molecule has 2 N–H and O–H groups in total. The Kier molecular flexibility index (Phi) is 14.1. The van der Waals surface area contributed by atoms with Crippen LogP contribution in [0.25, 0.3) is 0 Å². The first-order chi connectivity index (χ1) is 13.6. The molecule has 0 saturated carbocycles. The molecule has 0 aromatic rings. The third-order valence-electron chi connectivity index (χ3n) is 4.64. The zero-order valence-corrected chi connectivity index (χ0v) is 20.8. The van der Waals surface area contributed by atoms with Gasteiger partial charge in [-0.2, -0.15) is 0 Å². The first kappa shape index (κ1) is 27.8. The Morgan fingerprint density at radius 3 is 1.62 bits per heavy atom. The molecule has 29 heavy (non-hydrogen) atoms. The average Bonchev–Trinajstić information content (AvgIpc) is 2.72. The Morgan fingerprint density at radius 1 is 0.793 bits per heavy atom. The molecule has 1 atom stereocenters. The monoisotopic (exact) mass is 454 g/mol. The van der Waals surface area contributed by atoms with Gasteiger partial charge in [0.2, 0.25) is 0 Å². The van der Waals surface area contributed by atoms with Crippen molar-refractivity contribution < 1.29 is 36.8 Å². The predicted molar refractivity (Wildman–Crippen MR) is 113 cm³/mol. The third-order valence-corrected chi connectivity index (χ3v) is 10.6. The second kappa shape index (κ2) is 14.7. The molecule has 0 aliphatic rings. The fourth-order valence-electron chi connectivity index (χ4n) is 2.28. The SMILES string of the molecule is CO[Si](C)(CCCNC(=O)OCC(C)OC(=O)NCCC[Si](C)(OC)OC)OC. The molecular formula is C17H38N2O8Si2. The van der Waals surface area contributed by atoms with Gasteiger partial charge < -0.3 is 37.8 Å². The van der Waals surface area contributed by atoms with Gasteiger partial charge >= 0.3 is 29.3 Å². The van der Waals surface area contributed by atoms with Gasteiger partial charge in [-0.05, 0) is 44.9 Å². The van der Waals surface area contributed by atoms with Gasteiger partial charge in [0.1, 0.15) is 12.7 Å². The van der Waals surface area contributed by atoms with Crippen molar-refractivity contribution in [1.29, 1.82) is 0 Å². The zero-order chi connectivity index (χ0) is 22.3. The second-order valence-corrected chi connectivity index (χ2v) is 14.1. The molecule has 12 heteroatoms. The average molecular weight is 455 g/mol. The molecule has 1 unspecified atom stereocenters. The highest BCUT2D eigenvalue weighted by molar-refractivity contribution is 6.66. The maximum Gasteiger partial charge on any atom is 0.407 e. The molecular weight excluding hydrogens is 416 g/mol. The predicted octanol–water partition coefficient (Wildman–Crippen LogP) is 2.34. The second-order valence-electron chi connectivity index (χ2n) is 6.96. The van der Waals surface area contributed by atoms with Crippen molar-refractivity contribution in [2.24, 2.45) is 0 Å². The molecule has 0 saturated heterocycles. The Bertz CT molecular complexity index is 476. The normalized spacial score (nSPS) is 12.9. The molecule has 2 amide bonds. The van der Waals surface area contributed by atoms with Crippen molar-refractivity contribution in [1.82, 2.24) is 10.6 Å². The minimum atomic E-state index is -2.12. The number of hydrogen-bond acceptors (Lipinski definition) is 8. The Morgan fingerprint density at radius 2 is 1.21 bits per heavy atom. The van der Waals surface area contributed by atoms with E-state index in [-0.39, 0.29) is 6.61 Å². The number of carbonyl (C=O) groups is 2. The van der Waals surface area contributed by atoms with E-state index in [4.69, 9.17) is 27.2 Å². The summed E-state index contributed by atoms with van der Waals surface area (Å²) in [6, 6.07) is 1.52. The standard InChI is InChI=1S/C17H38N2O8Si2/c1-15(27-17(21)19-11-9-13-29(7,24-4)25-5)14-26-16(20)18-10-8-12-28(6,22-2)23-3/h15H,8-14H2,1-7H3,(H,18,20)(H,19,21). The van der Waals surface area contributed by atoms with Crippen molar-refractivity contribution >= 4 is 29.3 Å². The minimum absolute atomic E-state index is 0.0276. The van der Waals surface area contributed by atoms with Crippen LogP contribution in [0.4, 0.5) is 9.59 Å². The van der Waals surface area contributed by atoms with Gasteiger partial charge in [0, 0.05) is 41.5 Å². The molecule has 0 fully saturated rings. The fraction of sp³-hybridized carbons (Fsp3) is 0.882. The van der Waals surface area contributed by atoms with Gasteiger partial charge in [-0.3, -0.25) is 0 Å². The highest BCUT2D eigenvalue weighted by Gasteiger charge is 2.28. The van der Waals surface area contributed by atoms with Crippen LogP contribution in [0, 0.1) is 0 Å². The lowest BCUT2D eigenvalue weighted by Crippen LogP contribution is -2.38. The van der Waals surface area contributed by atoms with E-state index in [2.05, 4.69) is 10.6 Å². The van der Waals surface area contributed by atoms with Crippen LogP contribution < -0.4 is 10.6 Å². The fourth-order valence-corrected chi connectivity index (χ4v) is 5.07. The van der Waals surface area contributed by atoms with E-state index >= 15 is 0 Å². The van der Waals surface area contributed by atoms with Crippen LogP contribution in [0.1, 0.15) is 19.8 Å². The van der Waals surface area contributed by atoms with Crippen LogP contribution in [0.3, 0.4) is 0 Å². The summed E-state index contributed by atoms with van der Waals surface area (Å²) < 4.78 is 31.7. The van der Waals surface area contributed by atoms with Crippen molar-refractivity contribution in [3.8, 4) is 0 Å². The van der Waals surface area contributed by atoms with E-state index < -0.39 is 35.4 Å². The van der Waals surface area contributed by atoms with E-state index in [1.165, 1.54) is 0 Å². The molecule has 172 valence electrons. The molecule has 0 aliphatic carbocycles. The number of nitrogens with one attached hydrogen (secondary N) is 2. The summed E-state index contributed by atoms with van der Waals surface area (Å²) in [5.41, 5.74) is 0. The quantitative estimate of drug-likeness (QED) is 0.286. The number of alkyl carbamates (subject to hydrolysis) is 2. The van der Waals surface area contributed by atoms with Gasteiger partial charge in [-0.1, -0.05) is 0 Å². The summed E-state index contributed by atoms with van der Waals surface area (Å²) >= 11 is 0. The molecule has 0 spiro atoms. The minimum Gasteiger partial charge on any atom is -0.446 e. The van der Waals surface area contributed by atoms with Crippen molar-refractivity contribution in [3.05, 3.63) is 0 Å². The van der Waals surface area contributed by atoms with Gasteiger partial charge in [0.05, 0.1) is 0 Å². The number of hydrogen-bond donors (Lipinski definition) is 2. The largest absolute Gasteiger partial charge is 0.446 e. The van der Waals surface area contributed by atoms with Crippen LogP contribution in [-0.4, -0.2) is 83.5 Å². The smallest absolute Gasteiger partial charge is 0.407 e. The first-order valence-electron chi connectivity index (χ1n) is 9.69. The molecule has 0 aromatic heterocycles. The van der Waals surface area contributed by atoms with Gasteiger partial charge in [-0.25, -0.2) is 9.59 Å². The summed E-state index contributed by atoms with van der Waals surface area (Å²) in [7, 11) is 2.28. The maximum atomic E-state index is 11.8. The molecule has 0 aromatic carbocycles. The van der Waals surface area contributed by atoms with Crippen LogP contribution >= 0.6 is 0 Å². The zero-order valence-electron chi connectivity index (χ0n) is 18.8. The molecule has 0 rings (SSSR count). The van der Waals surface area contributed by atoms with E-state index in [1.54, 1.807) is 35.4 Å². The molecule has 0 aliphatic heterocycles. The van der Waals surface area contributed by atoms with E-state index in [1.807, 2.05) is 13.1 Å². The topological polar surface area (TPSA) is 114 Å². The molecule has 0 radical (unpaired) electrons. The number of ether oxygens (including phenoxy) is 2. The maximum absolute atomic E-state index is 11.8. The van der Waals surface area contributed by atoms with Crippen molar-refractivity contribution in [2.45, 2.75) is 51.1 Å². The summed E-state index contributed by atoms with van der Waals surface area (Å²) in [5.74, 6) is 0. The van der Waals surface area contributed by atoms with Gasteiger partial charge in [0.25, 0.3) is 0 Å². The summed E-state index contributed by atoms with van der Waals surface area (Å²) in [6.07, 6.45) is -0.218. The van der Waals surface area contributed by atoms with Crippen molar-refractivity contribution in [3.63, 3.8) is 0 Å².